The van der Waals surface area contributed by atoms with E-state index in [-0.39, 0.29) is 11.7 Å². The molecule has 0 saturated carbocycles. The van der Waals surface area contributed by atoms with Crippen LogP contribution in [0.2, 0.25) is 0 Å². The molecule has 0 aliphatic carbocycles. The molecule has 1 saturated heterocycles. The lowest BCUT2D eigenvalue weighted by molar-refractivity contribution is -0.274. The summed E-state index contributed by atoms with van der Waals surface area (Å²) in [5.74, 6) is 0.263. The second-order valence-electron chi connectivity index (χ2n) is 5.65. The fourth-order valence-corrected chi connectivity index (χ4v) is 2.66. The average molecular weight is 330 g/mol. The molecule has 1 aliphatic rings. The smallest absolute Gasteiger partial charge is 0.406 e. The molecule has 23 heavy (non-hydrogen) atoms. The fourth-order valence-electron chi connectivity index (χ4n) is 2.66. The van der Waals surface area contributed by atoms with Crippen LogP contribution in [0.15, 0.2) is 24.3 Å². The van der Waals surface area contributed by atoms with Crippen LogP contribution >= 0.6 is 0 Å². The van der Waals surface area contributed by atoms with Crippen molar-refractivity contribution in [3.05, 3.63) is 29.8 Å². The van der Waals surface area contributed by atoms with Crippen molar-refractivity contribution in [2.45, 2.75) is 32.0 Å². The summed E-state index contributed by atoms with van der Waals surface area (Å²) >= 11 is 0. The lowest BCUT2D eigenvalue weighted by Gasteiger charge is -2.13. The third kappa shape index (κ3) is 6.48. The van der Waals surface area contributed by atoms with Crippen molar-refractivity contribution in [3.8, 4) is 5.75 Å². The highest BCUT2D eigenvalue weighted by atomic mass is 19.4. The van der Waals surface area contributed by atoms with Gasteiger partial charge in [-0.25, -0.2) is 0 Å². The van der Waals surface area contributed by atoms with E-state index in [2.05, 4.69) is 15.4 Å². The standard InChI is InChI=1S/C16H21F3N2O2/c17-16(18,19)23-14-4-2-1-3-13(14)8-10-21-15(22)6-5-12-7-9-20-11-12/h1-4,12,20H,5-11H2,(H,21,22). The van der Waals surface area contributed by atoms with E-state index < -0.39 is 6.36 Å². The third-order valence-corrected chi connectivity index (χ3v) is 3.86. The Bertz CT molecular complexity index is 514. The SMILES string of the molecule is O=C(CCC1CCNC1)NCCc1ccccc1OC(F)(F)F. The van der Waals surface area contributed by atoms with Gasteiger partial charge in [0.25, 0.3) is 0 Å². The van der Waals surface area contributed by atoms with Gasteiger partial charge in [0.15, 0.2) is 0 Å². The summed E-state index contributed by atoms with van der Waals surface area (Å²) in [6, 6.07) is 5.97. The molecular weight excluding hydrogens is 309 g/mol. The Labute approximate surface area is 133 Å². The van der Waals surface area contributed by atoms with Gasteiger partial charge in [-0.2, -0.15) is 0 Å². The molecule has 0 radical (unpaired) electrons. The van der Waals surface area contributed by atoms with Crippen molar-refractivity contribution in [2.75, 3.05) is 19.6 Å². The predicted molar refractivity (Wildman–Crippen MR) is 80.0 cm³/mol. The first-order valence-electron chi connectivity index (χ1n) is 7.75. The number of carbonyl (C=O) groups excluding carboxylic acids is 1. The zero-order chi connectivity index (χ0) is 16.7. The van der Waals surface area contributed by atoms with Gasteiger partial charge in [0.05, 0.1) is 0 Å². The van der Waals surface area contributed by atoms with Crippen LogP contribution in [0.5, 0.6) is 5.75 Å². The van der Waals surface area contributed by atoms with Crippen molar-refractivity contribution in [2.24, 2.45) is 5.92 Å². The molecule has 1 aromatic rings. The first-order valence-corrected chi connectivity index (χ1v) is 7.75. The van der Waals surface area contributed by atoms with Gasteiger partial charge in [0.1, 0.15) is 5.75 Å². The van der Waals surface area contributed by atoms with E-state index in [4.69, 9.17) is 0 Å². The van der Waals surface area contributed by atoms with Crippen LogP contribution in [0.4, 0.5) is 13.2 Å². The number of para-hydroxylation sites is 1. The molecular formula is C16H21F3N2O2. The molecule has 1 aliphatic heterocycles. The number of benzene rings is 1. The van der Waals surface area contributed by atoms with Crippen LogP contribution < -0.4 is 15.4 Å². The van der Waals surface area contributed by atoms with Crippen molar-refractivity contribution in [3.63, 3.8) is 0 Å². The number of amides is 1. The van der Waals surface area contributed by atoms with Gasteiger partial charge >= 0.3 is 6.36 Å². The van der Waals surface area contributed by atoms with Gasteiger partial charge in [-0.3, -0.25) is 4.79 Å². The zero-order valence-electron chi connectivity index (χ0n) is 12.8. The minimum absolute atomic E-state index is 0.0638. The molecule has 1 heterocycles. The molecule has 1 aromatic carbocycles. The molecule has 2 rings (SSSR count). The van der Waals surface area contributed by atoms with Crippen molar-refractivity contribution in [1.29, 1.82) is 0 Å². The Morgan fingerprint density at radius 2 is 2.13 bits per heavy atom. The Kier molecular flexibility index (Phi) is 6.27. The molecule has 4 nitrogen and oxygen atoms in total. The summed E-state index contributed by atoms with van der Waals surface area (Å²) in [7, 11) is 0. The van der Waals surface area contributed by atoms with Crippen molar-refractivity contribution < 1.29 is 22.7 Å². The molecule has 7 heteroatoms. The largest absolute Gasteiger partial charge is 0.573 e. The van der Waals surface area contributed by atoms with Gasteiger partial charge in [-0.1, -0.05) is 18.2 Å². The maximum absolute atomic E-state index is 12.3. The quantitative estimate of drug-likeness (QED) is 0.808. The van der Waals surface area contributed by atoms with E-state index >= 15 is 0 Å². The van der Waals surface area contributed by atoms with E-state index in [9.17, 15) is 18.0 Å². The zero-order valence-corrected chi connectivity index (χ0v) is 12.8. The van der Waals surface area contributed by atoms with Crippen LogP contribution in [0.3, 0.4) is 0 Å². The molecule has 2 N–H and O–H groups in total. The van der Waals surface area contributed by atoms with Crippen LogP contribution in [-0.4, -0.2) is 31.9 Å². The summed E-state index contributed by atoms with van der Waals surface area (Å²) in [6.45, 7) is 2.25. The van der Waals surface area contributed by atoms with Crippen molar-refractivity contribution in [1.82, 2.24) is 10.6 Å². The highest BCUT2D eigenvalue weighted by molar-refractivity contribution is 5.75. The number of hydrogen-bond donors (Lipinski definition) is 2. The van der Waals surface area contributed by atoms with Gasteiger partial charge in [0, 0.05) is 13.0 Å². The molecule has 0 bridgehead atoms. The Balaban J connectivity index is 1.74. The fraction of sp³-hybridized carbons (Fsp3) is 0.562. The van der Waals surface area contributed by atoms with E-state index in [1.165, 1.54) is 12.1 Å². The normalized spacial score (nSPS) is 18.0. The lowest BCUT2D eigenvalue weighted by Crippen LogP contribution is -2.26. The van der Waals surface area contributed by atoms with E-state index in [0.29, 0.717) is 30.9 Å². The Morgan fingerprint density at radius 1 is 1.35 bits per heavy atom. The maximum atomic E-state index is 12.3. The number of alkyl halides is 3. The minimum Gasteiger partial charge on any atom is -0.406 e. The number of carbonyl (C=O) groups is 1. The maximum Gasteiger partial charge on any atom is 0.573 e. The minimum atomic E-state index is -4.71. The average Bonchev–Trinajstić information content (AvgIpc) is 2.99. The number of halogens is 3. The summed E-state index contributed by atoms with van der Waals surface area (Å²) in [6.07, 6.45) is -2.03. The van der Waals surface area contributed by atoms with Gasteiger partial charge in [-0.15, -0.1) is 13.2 Å². The van der Waals surface area contributed by atoms with Crippen molar-refractivity contribution >= 4 is 5.91 Å². The number of hydrogen-bond acceptors (Lipinski definition) is 3. The highest BCUT2D eigenvalue weighted by Crippen LogP contribution is 2.26. The number of ether oxygens (including phenoxy) is 1. The molecule has 0 spiro atoms. The Morgan fingerprint density at radius 3 is 2.83 bits per heavy atom. The Hall–Kier alpha value is -1.76. The van der Waals surface area contributed by atoms with Crippen LogP contribution in [-0.2, 0) is 11.2 Å². The molecule has 1 atom stereocenters. The second kappa shape index (κ2) is 8.19. The third-order valence-electron chi connectivity index (χ3n) is 3.86. The van der Waals surface area contributed by atoms with E-state index in [1.807, 2.05) is 0 Å². The number of rotatable bonds is 7. The van der Waals surface area contributed by atoms with Gasteiger partial charge in [0.2, 0.25) is 5.91 Å². The molecule has 1 unspecified atom stereocenters. The van der Waals surface area contributed by atoms with Crippen LogP contribution in [0, 0.1) is 5.92 Å². The monoisotopic (exact) mass is 330 g/mol. The first-order chi connectivity index (χ1) is 10.9. The van der Waals surface area contributed by atoms with Crippen LogP contribution in [0.25, 0.3) is 0 Å². The molecule has 128 valence electrons. The summed E-state index contributed by atoms with van der Waals surface area (Å²) < 4.78 is 41.0. The van der Waals surface area contributed by atoms with E-state index in [1.54, 1.807) is 12.1 Å². The highest BCUT2D eigenvalue weighted by Gasteiger charge is 2.31. The topological polar surface area (TPSA) is 50.4 Å². The first kappa shape index (κ1) is 17.6. The number of nitrogens with one attached hydrogen (secondary N) is 2. The molecule has 0 aromatic heterocycles. The second-order valence-corrected chi connectivity index (χ2v) is 5.65. The summed E-state index contributed by atoms with van der Waals surface area (Å²) in [5.41, 5.74) is 0.421. The summed E-state index contributed by atoms with van der Waals surface area (Å²) in [4.78, 5) is 11.8. The predicted octanol–water partition coefficient (Wildman–Crippen LogP) is 2.63. The van der Waals surface area contributed by atoms with Crippen LogP contribution in [0.1, 0.15) is 24.8 Å². The van der Waals surface area contributed by atoms with Gasteiger partial charge < -0.3 is 15.4 Å². The molecule has 1 fully saturated rings. The van der Waals surface area contributed by atoms with E-state index in [0.717, 1.165) is 25.9 Å². The lowest BCUT2D eigenvalue weighted by atomic mass is 10.0. The summed E-state index contributed by atoms with van der Waals surface area (Å²) in [5, 5.41) is 6.00. The molecule has 1 amide bonds. The van der Waals surface area contributed by atoms with Gasteiger partial charge in [-0.05, 0) is 49.9 Å².